The number of carbonyl (C=O) groups is 1. The summed E-state index contributed by atoms with van der Waals surface area (Å²) in [6, 6.07) is 14.9. The Kier molecular flexibility index (Phi) is 6.76. The van der Waals surface area contributed by atoms with Gasteiger partial charge >= 0.3 is 6.18 Å². The van der Waals surface area contributed by atoms with Crippen molar-refractivity contribution in [2.24, 2.45) is 0 Å². The number of anilines is 3. The fourth-order valence-corrected chi connectivity index (χ4v) is 4.44. The van der Waals surface area contributed by atoms with Crippen molar-refractivity contribution in [3.8, 4) is 22.6 Å². The molecule has 43 heavy (non-hydrogen) atoms. The van der Waals surface area contributed by atoms with Gasteiger partial charge in [0.1, 0.15) is 23.9 Å². The zero-order valence-corrected chi connectivity index (χ0v) is 21.7. The third-order valence-electron chi connectivity index (χ3n) is 6.35. The van der Waals surface area contributed by atoms with Crippen molar-refractivity contribution in [2.75, 3.05) is 17.6 Å². The number of carbonyl (C=O) groups excluding carboxylic acids is 1. The molecule has 0 saturated heterocycles. The van der Waals surface area contributed by atoms with Gasteiger partial charge < -0.3 is 26.1 Å². The fourth-order valence-electron chi connectivity index (χ4n) is 4.44. The maximum Gasteiger partial charge on any atom is 0.405 e. The van der Waals surface area contributed by atoms with Gasteiger partial charge in [0.2, 0.25) is 5.95 Å². The number of fused-ring (bicyclic) bond motifs is 2. The molecule has 0 bridgehead atoms. The standard InChI is InChI=1S/C28H19F5N8O2/c29-17-3-1-2-4-19(17)43-20-10-9-18-23(22(20)30)40-27(39-18)38-15-7-5-14(6-8-15)21-16(26(42)35-12-28(31,32)33)11-41-24(21)25(34)36-13-37-41/h1-11,13H,12H2,(H,35,42)(H2,34,36,37)(H2,38,39,40). The van der Waals surface area contributed by atoms with Crippen molar-refractivity contribution >= 4 is 39.9 Å². The lowest BCUT2D eigenvalue weighted by Gasteiger charge is -2.10. The summed E-state index contributed by atoms with van der Waals surface area (Å²) in [6.07, 6.45) is -2.18. The van der Waals surface area contributed by atoms with E-state index in [2.05, 4.69) is 25.4 Å². The molecule has 15 heteroatoms. The average Bonchev–Trinajstić information content (AvgIpc) is 3.57. The molecule has 3 aromatic heterocycles. The number of nitrogen functional groups attached to an aromatic ring is 1. The van der Waals surface area contributed by atoms with Crippen LogP contribution in [-0.2, 0) is 0 Å². The van der Waals surface area contributed by atoms with Crippen molar-refractivity contribution in [2.45, 2.75) is 6.18 Å². The molecule has 218 valence electrons. The summed E-state index contributed by atoms with van der Waals surface area (Å²) in [6.45, 7) is -1.52. The second-order valence-electron chi connectivity index (χ2n) is 9.25. The molecule has 6 rings (SSSR count). The molecule has 0 radical (unpaired) electrons. The van der Waals surface area contributed by atoms with Gasteiger partial charge in [-0.15, -0.1) is 0 Å². The number of ether oxygens (including phenoxy) is 1. The molecule has 3 heterocycles. The quantitative estimate of drug-likeness (QED) is 0.168. The van der Waals surface area contributed by atoms with Crippen molar-refractivity contribution in [3.05, 3.63) is 90.4 Å². The van der Waals surface area contributed by atoms with Gasteiger partial charge in [-0.3, -0.25) is 4.79 Å². The monoisotopic (exact) mass is 594 g/mol. The Labute approximate surface area is 238 Å². The number of imidazole rings is 1. The lowest BCUT2D eigenvalue weighted by Crippen LogP contribution is -2.33. The molecule has 3 aromatic carbocycles. The Morgan fingerprint density at radius 3 is 2.53 bits per heavy atom. The van der Waals surface area contributed by atoms with E-state index in [9.17, 15) is 22.4 Å². The number of nitrogens with two attached hydrogens (primary N) is 1. The molecular formula is C28H19F5N8O2. The van der Waals surface area contributed by atoms with Crippen LogP contribution in [0.2, 0.25) is 0 Å². The molecule has 0 aliphatic heterocycles. The van der Waals surface area contributed by atoms with Crippen molar-refractivity contribution in [1.82, 2.24) is 29.9 Å². The second kappa shape index (κ2) is 10.6. The first-order valence-corrected chi connectivity index (χ1v) is 12.5. The molecule has 1 amide bonds. The number of para-hydroxylation sites is 1. The van der Waals surface area contributed by atoms with E-state index >= 15 is 4.39 Å². The number of nitrogens with zero attached hydrogens (tertiary/aromatic N) is 4. The fraction of sp³-hybridized carbons (Fsp3) is 0.0714. The van der Waals surface area contributed by atoms with E-state index in [0.29, 0.717) is 11.3 Å². The molecule has 0 unspecified atom stereocenters. The highest BCUT2D eigenvalue weighted by Gasteiger charge is 2.29. The molecular weight excluding hydrogens is 575 g/mol. The minimum absolute atomic E-state index is 0.0183. The Balaban J connectivity index is 1.28. The number of halogens is 5. The maximum atomic E-state index is 15.2. The number of H-pyrrole nitrogens is 1. The summed E-state index contributed by atoms with van der Waals surface area (Å²) < 4.78 is 74.0. The van der Waals surface area contributed by atoms with Crippen LogP contribution in [-0.4, -0.2) is 43.2 Å². The number of nitrogens with one attached hydrogen (secondary N) is 3. The lowest BCUT2D eigenvalue weighted by atomic mass is 10.0. The number of amides is 1. The van der Waals surface area contributed by atoms with Gasteiger partial charge in [0, 0.05) is 17.4 Å². The predicted octanol–water partition coefficient (Wildman–Crippen LogP) is 5.96. The van der Waals surface area contributed by atoms with Gasteiger partial charge in [-0.05, 0) is 42.0 Å². The predicted molar refractivity (Wildman–Crippen MR) is 147 cm³/mol. The van der Waals surface area contributed by atoms with Crippen LogP contribution in [0.5, 0.6) is 11.5 Å². The van der Waals surface area contributed by atoms with E-state index in [1.165, 1.54) is 41.0 Å². The largest absolute Gasteiger partial charge is 0.451 e. The summed E-state index contributed by atoms with van der Waals surface area (Å²) in [7, 11) is 0. The van der Waals surface area contributed by atoms with E-state index in [1.807, 2.05) is 5.32 Å². The highest BCUT2D eigenvalue weighted by atomic mass is 19.4. The zero-order chi connectivity index (χ0) is 30.3. The van der Waals surface area contributed by atoms with Crippen LogP contribution < -0.4 is 21.1 Å². The van der Waals surface area contributed by atoms with Crippen molar-refractivity contribution in [1.29, 1.82) is 0 Å². The molecule has 0 aliphatic rings. The first-order valence-electron chi connectivity index (χ1n) is 12.5. The molecule has 0 atom stereocenters. The summed E-state index contributed by atoms with van der Waals surface area (Å²) in [4.78, 5) is 23.8. The maximum absolute atomic E-state index is 15.2. The number of hydrogen-bond donors (Lipinski definition) is 4. The minimum Gasteiger partial charge on any atom is -0.451 e. The highest BCUT2D eigenvalue weighted by Crippen LogP contribution is 2.34. The number of rotatable bonds is 7. The van der Waals surface area contributed by atoms with Crippen LogP contribution in [0, 0.1) is 11.6 Å². The van der Waals surface area contributed by atoms with E-state index in [0.717, 1.165) is 6.33 Å². The van der Waals surface area contributed by atoms with Gasteiger partial charge in [-0.25, -0.2) is 23.3 Å². The average molecular weight is 595 g/mol. The Morgan fingerprint density at radius 1 is 1.02 bits per heavy atom. The molecule has 0 fully saturated rings. The summed E-state index contributed by atoms with van der Waals surface area (Å²) >= 11 is 0. The first kappa shape index (κ1) is 27.4. The SMILES string of the molecule is Nc1ncnn2cc(C(=O)NCC(F)(F)F)c(-c3ccc(Nc4nc5ccc(Oc6ccccc6F)c(F)c5[nH]4)cc3)c12. The van der Waals surface area contributed by atoms with Gasteiger partial charge in [0.15, 0.2) is 29.0 Å². The number of aromatic amines is 1. The number of alkyl halides is 3. The topological polar surface area (TPSA) is 135 Å². The van der Waals surface area contributed by atoms with Gasteiger partial charge in [-0.2, -0.15) is 18.3 Å². The normalized spacial score (nSPS) is 11.7. The van der Waals surface area contributed by atoms with Crippen LogP contribution in [0.25, 0.3) is 27.7 Å². The van der Waals surface area contributed by atoms with E-state index < -0.39 is 30.3 Å². The number of hydrogen-bond acceptors (Lipinski definition) is 7. The van der Waals surface area contributed by atoms with Crippen molar-refractivity contribution in [3.63, 3.8) is 0 Å². The van der Waals surface area contributed by atoms with Crippen LogP contribution in [0.3, 0.4) is 0 Å². The lowest BCUT2D eigenvalue weighted by molar-refractivity contribution is -0.123. The first-order chi connectivity index (χ1) is 20.6. The third kappa shape index (κ3) is 5.47. The van der Waals surface area contributed by atoms with Crippen LogP contribution in [0.4, 0.5) is 39.4 Å². The molecule has 6 aromatic rings. The Morgan fingerprint density at radius 2 is 1.79 bits per heavy atom. The Bertz CT molecular complexity index is 1990. The van der Waals surface area contributed by atoms with Crippen LogP contribution >= 0.6 is 0 Å². The number of benzene rings is 3. The van der Waals surface area contributed by atoms with Crippen LogP contribution in [0.1, 0.15) is 10.4 Å². The van der Waals surface area contributed by atoms with E-state index in [4.69, 9.17) is 10.5 Å². The molecule has 0 saturated carbocycles. The third-order valence-corrected chi connectivity index (χ3v) is 6.35. The second-order valence-corrected chi connectivity index (χ2v) is 9.25. The smallest absolute Gasteiger partial charge is 0.405 e. The Hall–Kier alpha value is -5.73. The van der Waals surface area contributed by atoms with Crippen molar-refractivity contribution < 1.29 is 31.5 Å². The molecule has 10 nitrogen and oxygen atoms in total. The summed E-state index contributed by atoms with van der Waals surface area (Å²) in [5, 5.41) is 8.88. The summed E-state index contributed by atoms with van der Waals surface area (Å²) in [5.41, 5.74) is 7.66. The van der Waals surface area contributed by atoms with E-state index in [-0.39, 0.29) is 50.9 Å². The molecule has 0 aliphatic carbocycles. The zero-order valence-electron chi connectivity index (χ0n) is 21.7. The van der Waals surface area contributed by atoms with E-state index in [1.54, 1.807) is 30.3 Å². The van der Waals surface area contributed by atoms with Crippen LogP contribution in [0.15, 0.2) is 73.2 Å². The van der Waals surface area contributed by atoms with Gasteiger partial charge in [0.25, 0.3) is 5.91 Å². The van der Waals surface area contributed by atoms with Gasteiger partial charge in [-0.1, -0.05) is 24.3 Å². The summed E-state index contributed by atoms with van der Waals surface area (Å²) in [5.74, 6) is -2.52. The van der Waals surface area contributed by atoms with Gasteiger partial charge in [0.05, 0.1) is 11.1 Å². The number of aromatic nitrogens is 5. The highest BCUT2D eigenvalue weighted by molar-refractivity contribution is 6.07. The minimum atomic E-state index is -4.60. The molecule has 5 N–H and O–H groups in total. The molecule has 0 spiro atoms.